The maximum atomic E-state index is 13.5. The minimum atomic E-state index is -4.85. The second-order valence-electron chi connectivity index (χ2n) is 7.83. The molecule has 0 saturated carbocycles. The van der Waals surface area contributed by atoms with Crippen molar-refractivity contribution < 1.29 is 35.6 Å². The number of benzene rings is 1. The lowest BCUT2D eigenvalue weighted by atomic mass is 10.1. The molecule has 1 amide bonds. The van der Waals surface area contributed by atoms with Gasteiger partial charge in [0.1, 0.15) is 5.69 Å². The molecule has 0 aliphatic rings. The topological polar surface area (TPSA) is 125 Å². The van der Waals surface area contributed by atoms with E-state index in [0.717, 1.165) is 17.1 Å². The first-order valence-corrected chi connectivity index (χ1v) is 10.5. The average molecular weight is 525 g/mol. The first-order valence-electron chi connectivity index (χ1n) is 10.5. The van der Waals surface area contributed by atoms with Crippen molar-refractivity contribution >= 4 is 5.91 Å². The third-order valence-electron chi connectivity index (χ3n) is 5.04. The number of pyridine rings is 1. The van der Waals surface area contributed by atoms with E-state index in [1.165, 1.54) is 25.1 Å². The van der Waals surface area contributed by atoms with Gasteiger partial charge in [0, 0.05) is 25.0 Å². The third-order valence-corrected chi connectivity index (χ3v) is 5.04. The minimum Gasteiger partial charge on any atom is -0.415 e. The maximum Gasteiger partial charge on any atom is 0.435 e. The number of carbonyl (C=O) groups is 1. The molecule has 194 valence electrons. The monoisotopic (exact) mass is 525 g/mol. The normalized spacial score (nSPS) is 13.0. The summed E-state index contributed by atoms with van der Waals surface area (Å²) in [6.45, 7) is 1.52. The molecule has 0 radical (unpaired) electrons. The summed E-state index contributed by atoms with van der Waals surface area (Å²) in [5.41, 5.74) is 2.89. The molecule has 0 aliphatic carbocycles. The van der Waals surface area contributed by atoms with Crippen LogP contribution < -0.4 is 11.1 Å². The predicted octanol–water partition coefficient (Wildman–Crippen LogP) is 3.99. The highest BCUT2D eigenvalue weighted by Gasteiger charge is 2.37. The third kappa shape index (κ3) is 5.61. The van der Waals surface area contributed by atoms with E-state index < -0.39 is 52.9 Å². The fraction of sp³-hybridized carbons (Fsp3) is 0.227. The molecule has 4 aromatic rings. The van der Waals surface area contributed by atoms with Gasteiger partial charge in [-0.3, -0.25) is 9.78 Å². The van der Waals surface area contributed by atoms with Crippen LogP contribution in [0.1, 0.15) is 23.7 Å². The summed E-state index contributed by atoms with van der Waals surface area (Å²) in [4.78, 5) is 15.4. The van der Waals surface area contributed by atoms with Crippen LogP contribution in [0.15, 0.2) is 53.2 Å². The molecule has 37 heavy (non-hydrogen) atoms. The Balaban J connectivity index is 1.76. The van der Waals surface area contributed by atoms with Gasteiger partial charge < -0.3 is 15.5 Å². The lowest BCUT2D eigenvalue weighted by Gasteiger charge is -2.10. The lowest BCUT2D eigenvalue weighted by Crippen LogP contribution is -2.37. The number of hydrogen-bond donors (Lipinski definition) is 2. The first-order chi connectivity index (χ1) is 17.3. The molecule has 0 aliphatic heterocycles. The molecule has 0 fully saturated rings. The molecule has 3 aromatic heterocycles. The highest BCUT2D eigenvalue weighted by molar-refractivity contribution is 5.80. The Kier molecular flexibility index (Phi) is 6.73. The fourth-order valence-corrected chi connectivity index (χ4v) is 3.26. The van der Waals surface area contributed by atoms with Crippen molar-refractivity contribution in [3.05, 3.63) is 65.6 Å². The molecule has 4 rings (SSSR count). The van der Waals surface area contributed by atoms with E-state index in [2.05, 4.69) is 25.6 Å². The number of nitrogens with zero attached hydrogens (tertiary/aromatic N) is 5. The Morgan fingerprint density at radius 1 is 1.08 bits per heavy atom. The Morgan fingerprint density at radius 2 is 1.81 bits per heavy atom. The van der Waals surface area contributed by atoms with Crippen LogP contribution in [0, 0.1) is 0 Å². The van der Waals surface area contributed by atoms with Crippen molar-refractivity contribution in [2.24, 2.45) is 5.73 Å². The molecule has 0 spiro atoms. The zero-order valence-electron chi connectivity index (χ0n) is 18.8. The summed E-state index contributed by atoms with van der Waals surface area (Å²) in [5.74, 6) is -1.54. The minimum absolute atomic E-state index is 0.0306. The van der Waals surface area contributed by atoms with Gasteiger partial charge in [0.25, 0.3) is 5.89 Å². The van der Waals surface area contributed by atoms with Gasteiger partial charge in [0.05, 0.1) is 22.9 Å². The number of nitrogens with one attached hydrogen (secondary N) is 1. The van der Waals surface area contributed by atoms with Crippen LogP contribution in [0.25, 0.3) is 28.7 Å². The molecule has 1 atom stereocenters. The van der Waals surface area contributed by atoms with Crippen molar-refractivity contribution in [1.29, 1.82) is 0 Å². The second kappa shape index (κ2) is 9.65. The van der Waals surface area contributed by atoms with Crippen molar-refractivity contribution in [3.8, 4) is 28.7 Å². The van der Waals surface area contributed by atoms with Gasteiger partial charge >= 0.3 is 12.4 Å². The van der Waals surface area contributed by atoms with E-state index in [4.69, 9.17) is 10.2 Å². The Morgan fingerprint density at radius 3 is 2.49 bits per heavy atom. The number of rotatable bonds is 6. The number of nitrogens with two attached hydrogens (primary N) is 1. The van der Waals surface area contributed by atoms with E-state index in [9.17, 15) is 31.1 Å². The van der Waals surface area contributed by atoms with Gasteiger partial charge in [-0.15, -0.1) is 10.2 Å². The Hall–Kier alpha value is -4.27. The van der Waals surface area contributed by atoms with Crippen LogP contribution >= 0.6 is 0 Å². The van der Waals surface area contributed by atoms with Crippen LogP contribution in [0.4, 0.5) is 26.3 Å². The van der Waals surface area contributed by atoms with Gasteiger partial charge in [-0.25, -0.2) is 4.68 Å². The molecule has 9 nitrogen and oxygen atoms in total. The van der Waals surface area contributed by atoms with Crippen LogP contribution in [0.2, 0.25) is 0 Å². The molecule has 1 aromatic carbocycles. The predicted molar refractivity (Wildman–Crippen MR) is 116 cm³/mol. The van der Waals surface area contributed by atoms with Gasteiger partial charge in [0.15, 0.2) is 5.69 Å². The number of alkyl halides is 6. The van der Waals surface area contributed by atoms with Crippen LogP contribution in [-0.2, 0) is 23.7 Å². The molecule has 0 bridgehead atoms. The zero-order chi connectivity index (χ0) is 27.0. The average Bonchev–Trinajstić information content (AvgIpc) is 3.49. The first kappa shape index (κ1) is 25.8. The summed E-state index contributed by atoms with van der Waals surface area (Å²) < 4.78 is 86.9. The highest BCUT2D eigenvalue weighted by atomic mass is 19.4. The van der Waals surface area contributed by atoms with Gasteiger partial charge in [-0.1, -0.05) is 12.1 Å². The molecular weight excluding hydrogens is 508 g/mol. The van der Waals surface area contributed by atoms with Crippen LogP contribution in [0.3, 0.4) is 0 Å². The number of carbonyl (C=O) groups excluding carboxylic acids is 1. The van der Waals surface area contributed by atoms with Gasteiger partial charge in [-0.2, -0.15) is 31.4 Å². The lowest BCUT2D eigenvalue weighted by molar-refractivity contribution is -0.141. The summed E-state index contributed by atoms with van der Waals surface area (Å²) in [7, 11) is 0. The van der Waals surface area contributed by atoms with Crippen molar-refractivity contribution in [2.45, 2.75) is 31.9 Å². The van der Waals surface area contributed by atoms with Crippen molar-refractivity contribution in [3.63, 3.8) is 0 Å². The number of halogens is 6. The maximum absolute atomic E-state index is 13.5. The fourth-order valence-electron chi connectivity index (χ4n) is 3.26. The second-order valence-corrected chi connectivity index (χ2v) is 7.83. The van der Waals surface area contributed by atoms with Gasteiger partial charge in [-0.05, 0) is 30.7 Å². The van der Waals surface area contributed by atoms with E-state index in [1.807, 2.05) is 0 Å². The molecular formula is C22H17F6N7O2. The zero-order valence-corrected chi connectivity index (χ0v) is 18.8. The summed E-state index contributed by atoms with van der Waals surface area (Å²) >= 11 is 0. The van der Waals surface area contributed by atoms with E-state index >= 15 is 0 Å². The van der Waals surface area contributed by atoms with E-state index in [-0.39, 0.29) is 17.9 Å². The highest BCUT2D eigenvalue weighted by Crippen LogP contribution is 2.38. The Bertz CT molecular complexity index is 1430. The number of aromatic nitrogens is 5. The largest absolute Gasteiger partial charge is 0.435 e. The van der Waals surface area contributed by atoms with Crippen LogP contribution in [0.5, 0.6) is 0 Å². The quantitative estimate of drug-likeness (QED) is 0.365. The molecule has 0 saturated heterocycles. The SMILES string of the molecule is C[C@H](N)C(=O)NCc1cccc(-n2nc(C(F)(F)F)cc2-c2nnc(-c3cnccc3C(F)(F)F)o2)c1. The Labute approximate surface area is 204 Å². The number of hydrogen-bond acceptors (Lipinski definition) is 7. The summed E-state index contributed by atoms with van der Waals surface area (Å²) in [6, 6.07) is 6.61. The van der Waals surface area contributed by atoms with Crippen molar-refractivity contribution in [1.82, 2.24) is 30.3 Å². The molecule has 3 N–H and O–H groups in total. The van der Waals surface area contributed by atoms with E-state index in [1.54, 1.807) is 6.07 Å². The van der Waals surface area contributed by atoms with Gasteiger partial charge in [0.2, 0.25) is 11.8 Å². The number of amides is 1. The van der Waals surface area contributed by atoms with E-state index in [0.29, 0.717) is 17.7 Å². The smallest absolute Gasteiger partial charge is 0.415 e. The van der Waals surface area contributed by atoms with Crippen molar-refractivity contribution in [2.75, 3.05) is 0 Å². The van der Waals surface area contributed by atoms with Crippen LogP contribution in [-0.4, -0.2) is 36.9 Å². The molecule has 3 heterocycles. The molecule has 0 unspecified atom stereocenters. The standard InChI is InChI=1S/C22H17F6N7O2/c1-11(29)18(36)31-9-12-3-2-4-13(7-12)35-16(8-17(34-35)22(26,27)28)20-33-32-19(37-20)14-10-30-6-5-15(14)21(23,24)25/h2-8,10-11H,9,29H2,1H3,(H,31,36)/t11-/m0/s1. The summed E-state index contributed by atoms with van der Waals surface area (Å²) in [5, 5.41) is 13.4. The molecule has 15 heteroatoms. The summed E-state index contributed by atoms with van der Waals surface area (Å²) in [6.07, 6.45) is -7.83.